The van der Waals surface area contributed by atoms with Gasteiger partial charge in [0.1, 0.15) is 6.79 Å². The van der Waals surface area contributed by atoms with E-state index in [1.807, 2.05) is 13.8 Å². The van der Waals surface area contributed by atoms with Crippen LogP contribution in [0.2, 0.25) is 0 Å². The molecule has 2 atom stereocenters. The summed E-state index contributed by atoms with van der Waals surface area (Å²) in [5.41, 5.74) is -1.10. The summed E-state index contributed by atoms with van der Waals surface area (Å²) in [5, 5.41) is 17.3. The third-order valence-electron chi connectivity index (χ3n) is 3.08. The van der Waals surface area contributed by atoms with Crippen LogP contribution in [-0.4, -0.2) is 28.6 Å². The summed E-state index contributed by atoms with van der Waals surface area (Å²) >= 11 is 0. The van der Waals surface area contributed by atoms with Crippen LogP contribution in [0.25, 0.3) is 0 Å². The molecule has 0 aliphatic heterocycles. The van der Waals surface area contributed by atoms with E-state index in [9.17, 15) is 4.79 Å². The minimum absolute atomic E-state index is 0.387. The molecule has 0 aromatic carbocycles. The third-order valence-corrected chi connectivity index (χ3v) is 3.08. The smallest absolute Gasteiger partial charge is 0.310 e. The van der Waals surface area contributed by atoms with Gasteiger partial charge in [0.2, 0.25) is 0 Å². The summed E-state index contributed by atoms with van der Waals surface area (Å²) in [4.78, 5) is 10.7. The molecule has 12 heavy (non-hydrogen) atoms. The summed E-state index contributed by atoms with van der Waals surface area (Å²) in [6.07, 6.45) is 0. The van der Waals surface area contributed by atoms with Crippen molar-refractivity contribution in [3.05, 3.63) is 0 Å². The molecule has 4 heteroatoms. The monoisotopic (exact) mass is 174 g/mol. The summed E-state index contributed by atoms with van der Waals surface area (Å²) in [6.45, 7) is 4.93. The van der Waals surface area contributed by atoms with Gasteiger partial charge >= 0.3 is 5.97 Å². The highest BCUT2D eigenvalue weighted by Crippen LogP contribution is 2.63. The molecule has 4 nitrogen and oxygen atoms in total. The van der Waals surface area contributed by atoms with Crippen LogP contribution in [-0.2, 0) is 9.53 Å². The Bertz CT molecular complexity index is 211. The Labute approximate surface area is 71.2 Å². The molecular formula is C8H14O4. The van der Waals surface area contributed by atoms with Gasteiger partial charge in [-0.2, -0.15) is 0 Å². The van der Waals surface area contributed by atoms with Crippen molar-refractivity contribution in [2.24, 2.45) is 11.3 Å². The maximum atomic E-state index is 10.7. The van der Waals surface area contributed by atoms with Crippen LogP contribution < -0.4 is 0 Å². The van der Waals surface area contributed by atoms with Gasteiger partial charge in [0.25, 0.3) is 0 Å². The van der Waals surface area contributed by atoms with Crippen molar-refractivity contribution in [3.63, 3.8) is 0 Å². The van der Waals surface area contributed by atoms with Gasteiger partial charge < -0.3 is 14.9 Å². The van der Waals surface area contributed by atoms with Gasteiger partial charge in [-0.05, 0) is 6.92 Å². The van der Waals surface area contributed by atoms with Crippen LogP contribution in [0.5, 0.6) is 0 Å². The average Bonchev–Trinajstić information content (AvgIpc) is 2.26. The number of aliphatic carboxylic acids is 1. The summed E-state index contributed by atoms with van der Waals surface area (Å²) < 4.78 is 5.00. The fraction of sp³-hybridized carbons (Fsp3) is 0.875. The van der Waals surface area contributed by atoms with Crippen molar-refractivity contribution < 1.29 is 19.7 Å². The first-order chi connectivity index (χ1) is 5.38. The second kappa shape index (κ2) is 2.44. The van der Waals surface area contributed by atoms with E-state index in [1.54, 1.807) is 6.92 Å². The fourth-order valence-corrected chi connectivity index (χ4v) is 1.89. The maximum Gasteiger partial charge on any atom is 0.310 e. The van der Waals surface area contributed by atoms with Crippen LogP contribution in [0.3, 0.4) is 0 Å². The van der Waals surface area contributed by atoms with Crippen LogP contribution >= 0.6 is 0 Å². The number of carboxylic acids is 1. The zero-order valence-corrected chi connectivity index (χ0v) is 7.50. The number of hydrogen-bond acceptors (Lipinski definition) is 3. The topological polar surface area (TPSA) is 66.8 Å². The lowest BCUT2D eigenvalue weighted by atomic mass is 10.1. The molecule has 2 unspecified atom stereocenters. The van der Waals surface area contributed by atoms with Gasteiger partial charge in [0.15, 0.2) is 0 Å². The lowest BCUT2D eigenvalue weighted by Crippen LogP contribution is -2.19. The maximum absolute atomic E-state index is 10.7. The van der Waals surface area contributed by atoms with Gasteiger partial charge in [-0.15, -0.1) is 0 Å². The van der Waals surface area contributed by atoms with Crippen molar-refractivity contribution >= 4 is 5.97 Å². The zero-order chi connectivity index (χ0) is 9.57. The number of rotatable bonds is 3. The SMILES string of the molecule is CC1(C)C(C(=O)O)C1(C)OCO. The number of ether oxygens (including phenoxy) is 1. The largest absolute Gasteiger partial charge is 0.481 e. The molecular weight excluding hydrogens is 160 g/mol. The fourth-order valence-electron chi connectivity index (χ4n) is 1.89. The normalized spacial score (nSPS) is 37.8. The number of hydrogen-bond donors (Lipinski definition) is 2. The van der Waals surface area contributed by atoms with Crippen molar-refractivity contribution in [1.29, 1.82) is 0 Å². The highest BCUT2D eigenvalue weighted by atomic mass is 16.6. The van der Waals surface area contributed by atoms with Gasteiger partial charge in [0.05, 0.1) is 11.5 Å². The Morgan fingerprint density at radius 2 is 2.00 bits per heavy atom. The van der Waals surface area contributed by atoms with E-state index in [1.165, 1.54) is 0 Å². The quantitative estimate of drug-likeness (QED) is 0.610. The molecule has 0 amide bonds. The number of carboxylic acid groups (broad SMARTS) is 1. The van der Waals surface area contributed by atoms with Gasteiger partial charge in [-0.25, -0.2) is 0 Å². The molecule has 2 N–H and O–H groups in total. The Morgan fingerprint density at radius 3 is 2.25 bits per heavy atom. The number of aliphatic hydroxyl groups excluding tert-OH is 1. The first-order valence-electron chi connectivity index (χ1n) is 3.85. The van der Waals surface area contributed by atoms with E-state index in [0.29, 0.717) is 0 Å². The molecule has 0 aromatic heterocycles. The second-order valence-electron chi connectivity index (χ2n) is 3.87. The predicted octanol–water partition coefficient (Wildman–Crippen LogP) is 0.452. The van der Waals surface area contributed by atoms with Crippen molar-refractivity contribution in [3.8, 4) is 0 Å². The van der Waals surface area contributed by atoms with E-state index < -0.39 is 24.3 Å². The molecule has 1 aliphatic rings. The standard InChI is InChI=1S/C8H14O4/c1-7(2)5(6(10)11)8(7,3)12-4-9/h5,9H,4H2,1-3H3,(H,10,11). The highest BCUT2D eigenvalue weighted by molar-refractivity contribution is 5.77. The Hall–Kier alpha value is -0.610. The molecule has 70 valence electrons. The van der Waals surface area contributed by atoms with E-state index in [-0.39, 0.29) is 5.41 Å². The van der Waals surface area contributed by atoms with E-state index in [2.05, 4.69) is 0 Å². The molecule has 0 heterocycles. The van der Waals surface area contributed by atoms with Crippen molar-refractivity contribution in [2.75, 3.05) is 6.79 Å². The average molecular weight is 174 g/mol. The van der Waals surface area contributed by atoms with Gasteiger partial charge in [0, 0.05) is 5.41 Å². The molecule has 0 aromatic rings. The Balaban J connectivity index is 2.76. The van der Waals surface area contributed by atoms with Crippen LogP contribution in [0.1, 0.15) is 20.8 Å². The zero-order valence-electron chi connectivity index (χ0n) is 7.50. The third kappa shape index (κ3) is 0.949. The molecule has 1 rings (SSSR count). The minimum atomic E-state index is -0.865. The van der Waals surface area contributed by atoms with Gasteiger partial charge in [-0.1, -0.05) is 13.8 Å². The molecule has 0 spiro atoms. The minimum Gasteiger partial charge on any atom is -0.481 e. The highest BCUT2D eigenvalue weighted by Gasteiger charge is 2.73. The molecule has 0 bridgehead atoms. The predicted molar refractivity (Wildman–Crippen MR) is 41.5 cm³/mol. The molecule has 1 saturated carbocycles. The van der Waals surface area contributed by atoms with Crippen LogP contribution in [0, 0.1) is 11.3 Å². The number of aliphatic hydroxyl groups is 1. The first kappa shape index (κ1) is 9.48. The Morgan fingerprint density at radius 1 is 1.50 bits per heavy atom. The molecule has 0 saturated heterocycles. The van der Waals surface area contributed by atoms with E-state index >= 15 is 0 Å². The van der Waals surface area contributed by atoms with Crippen molar-refractivity contribution in [2.45, 2.75) is 26.4 Å². The first-order valence-corrected chi connectivity index (χ1v) is 3.85. The summed E-state index contributed by atoms with van der Waals surface area (Å²) in [6, 6.07) is 0. The molecule has 0 radical (unpaired) electrons. The van der Waals surface area contributed by atoms with Crippen LogP contribution in [0.15, 0.2) is 0 Å². The number of carbonyl (C=O) groups is 1. The summed E-state index contributed by atoms with van der Waals surface area (Å²) in [5.74, 6) is -1.38. The summed E-state index contributed by atoms with van der Waals surface area (Å²) in [7, 11) is 0. The second-order valence-corrected chi connectivity index (χ2v) is 3.87. The van der Waals surface area contributed by atoms with E-state index in [0.717, 1.165) is 0 Å². The molecule has 1 fully saturated rings. The van der Waals surface area contributed by atoms with E-state index in [4.69, 9.17) is 14.9 Å². The van der Waals surface area contributed by atoms with Crippen molar-refractivity contribution in [1.82, 2.24) is 0 Å². The van der Waals surface area contributed by atoms with Gasteiger partial charge in [-0.3, -0.25) is 4.79 Å². The molecule has 1 aliphatic carbocycles. The Kier molecular flexibility index (Phi) is 1.92. The lowest BCUT2D eigenvalue weighted by molar-refractivity contribution is -0.142. The van der Waals surface area contributed by atoms with Crippen LogP contribution in [0.4, 0.5) is 0 Å². The lowest BCUT2D eigenvalue weighted by Gasteiger charge is -2.12.